The van der Waals surface area contributed by atoms with Gasteiger partial charge in [0.2, 0.25) is 0 Å². The van der Waals surface area contributed by atoms with Gasteiger partial charge in [-0.15, -0.1) is 0 Å². The van der Waals surface area contributed by atoms with E-state index in [0.717, 1.165) is 18.4 Å². The summed E-state index contributed by atoms with van der Waals surface area (Å²) in [6.07, 6.45) is 1.77. The molecule has 24 heavy (non-hydrogen) atoms. The molecular weight excluding hydrogens is 349 g/mol. The Bertz CT molecular complexity index is 790. The highest BCUT2D eigenvalue weighted by Gasteiger charge is 2.16. The van der Waals surface area contributed by atoms with E-state index in [4.69, 9.17) is 23.2 Å². The molecule has 0 spiro atoms. The predicted molar refractivity (Wildman–Crippen MR) is 95.7 cm³/mol. The van der Waals surface area contributed by atoms with Crippen LogP contribution < -0.4 is 10.9 Å². The minimum Gasteiger partial charge on any atom is -0.344 e. The van der Waals surface area contributed by atoms with E-state index in [2.05, 4.69) is 10.4 Å². The Morgan fingerprint density at radius 3 is 2.71 bits per heavy atom. The first kappa shape index (κ1) is 18.5. The topological polar surface area (TPSA) is 64.0 Å². The van der Waals surface area contributed by atoms with Crippen LogP contribution in [0.25, 0.3) is 0 Å². The highest BCUT2D eigenvalue weighted by molar-refractivity contribution is 6.35. The van der Waals surface area contributed by atoms with Gasteiger partial charge in [-0.05, 0) is 37.1 Å². The van der Waals surface area contributed by atoms with Crippen LogP contribution in [-0.4, -0.2) is 15.7 Å². The molecule has 2 aromatic rings. The highest BCUT2D eigenvalue weighted by Crippen LogP contribution is 2.26. The standard InChI is InChI=1S/C17H19Cl2N3O2/c1-3-4-9-22-16(23)8-7-15(21-22)17(24)20-11(2)13-6-5-12(18)10-14(13)19/h5-8,10-11H,3-4,9H2,1-2H3,(H,20,24). The number of aromatic nitrogens is 2. The summed E-state index contributed by atoms with van der Waals surface area (Å²) in [5.41, 5.74) is 0.741. The third-order valence-electron chi connectivity index (χ3n) is 3.60. The van der Waals surface area contributed by atoms with Crippen LogP contribution in [0.4, 0.5) is 0 Å². The lowest BCUT2D eigenvalue weighted by molar-refractivity contribution is 0.0932. The number of rotatable bonds is 6. The Morgan fingerprint density at radius 1 is 1.29 bits per heavy atom. The largest absolute Gasteiger partial charge is 0.344 e. The molecule has 0 saturated carbocycles. The summed E-state index contributed by atoms with van der Waals surface area (Å²) >= 11 is 12.0. The first-order chi connectivity index (χ1) is 11.4. The van der Waals surface area contributed by atoms with Gasteiger partial charge in [-0.25, -0.2) is 4.68 Å². The van der Waals surface area contributed by atoms with Gasteiger partial charge in [0.05, 0.1) is 6.04 Å². The van der Waals surface area contributed by atoms with Crippen molar-refractivity contribution in [2.24, 2.45) is 0 Å². The first-order valence-corrected chi connectivity index (χ1v) is 8.52. The minimum absolute atomic E-state index is 0.197. The zero-order chi connectivity index (χ0) is 17.7. The van der Waals surface area contributed by atoms with Gasteiger partial charge in [0, 0.05) is 22.7 Å². The number of unbranched alkanes of at least 4 members (excludes halogenated alkanes) is 1. The van der Waals surface area contributed by atoms with Crippen molar-refractivity contribution in [1.29, 1.82) is 0 Å². The molecule has 1 N–H and O–H groups in total. The van der Waals surface area contributed by atoms with E-state index in [1.54, 1.807) is 18.2 Å². The number of halogens is 2. The van der Waals surface area contributed by atoms with Gasteiger partial charge in [0.1, 0.15) is 5.69 Å². The summed E-state index contributed by atoms with van der Waals surface area (Å²) in [6, 6.07) is 7.58. The van der Waals surface area contributed by atoms with E-state index >= 15 is 0 Å². The summed E-state index contributed by atoms with van der Waals surface area (Å²) in [5.74, 6) is -0.362. The molecule has 1 heterocycles. The van der Waals surface area contributed by atoms with Crippen molar-refractivity contribution in [2.45, 2.75) is 39.3 Å². The number of nitrogens with one attached hydrogen (secondary N) is 1. The lowest BCUT2D eigenvalue weighted by Crippen LogP contribution is -2.31. The van der Waals surface area contributed by atoms with Crippen LogP contribution in [0.1, 0.15) is 48.8 Å². The molecule has 0 aliphatic heterocycles. The van der Waals surface area contributed by atoms with Crippen molar-refractivity contribution in [3.05, 3.63) is 62.0 Å². The molecule has 0 aliphatic carbocycles. The van der Waals surface area contributed by atoms with Crippen molar-refractivity contribution in [3.63, 3.8) is 0 Å². The molecule has 1 amide bonds. The van der Waals surface area contributed by atoms with Crippen molar-refractivity contribution in [3.8, 4) is 0 Å². The first-order valence-electron chi connectivity index (χ1n) is 7.76. The number of hydrogen-bond donors (Lipinski definition) is 1. The lowest BCUT2D eigenvalue weighted by atomic mass is 10.1. The number of hydrogen-bond acceptors (Lipinski definition) is 3. The van der Waals surface area contributed by atoms with Crippen LogP contribution in [-0.2, 0) is 6.54 Å². The van der Waals surface area contributed by atoms with E-state index in [1.165, 1.54) is 16.8 Å². The Labute approximate surface area is 150 Å². The lowest BCUT2D eigenvalue weighted by Gasteiger charge is -2.16. The van der Waals surface area contributed by atoms with Gasteiger partial charge >= 0.3 is 0 Å². The number of nitrogens with zero attached hydrogens (tertiary/aromatic N) is 2. The molecule has 1 aromatic carbocycles. The summed E-state index contributed by atoms with van der Waals surface area (Å²) in [4.78, 5) is 24.1. The Balaban J connectivity index is 2.15. The molecule has 5 nitrogen and oxygen atoms in total. The second-order valence-corrected chi connectivity index (χ2v) is 6.34. The zero-order valence-corrected chi connectivity index (χ0v) is 15.1. The smallest absolute Gasteiger partial charge is 0.272 e. The van der Waals surface area contributed by atoms with Crippen LogP contribution in [0.15, 0.2) is 35.1 Å². The molecule has 0 saturated heterocycles. The number of amides is 1. The zero-order valence-electron chi connectivity index (χ0n) is 13.6. The Kier molecular flexibility index (Phi) is 6.40. The highest BCUT2D eigenvalue weighted by atomic mass is 35.5. The second kappa shape index (κ2) is 8.31. The molecule has 2 rings (SSSR count). The van der Waals surface area contributed by atoms with Crippen molar-refractivity contribution in [2.75, 3.05) is 0 Å². The number of aryl methyl sites for hydroxylation is 1. The average Bonchev–Trinajstić information content (AvgIpc) is 2.53. The van der Waals surface area contributed by atoms with E-state index < -0.39 is 0 Å². The monoisotopic (exact) mass is 367 g/mol. The molecular formula is C17H19Cl2N3O2. The van der Waals surface area contributed by atoms with Gasteiger partial charge in [-0.3, -0.25) is 9.59 Å². The van der Waals surface area contributed by atoms with Crippen molar-refractivity contribution in [1.82, 2.24) is 15.1 Å². The molecule has 1 atom stereocenters. The van der Waals surface area contributed by atoms with Crippen LogP contribution >= 0.6 is 23.2 Å². The molecule has 1 aromatic heterocycles. The summed E-state index contributed by atoms with van der Waals surface area (Å²) < 4.78 is 1.32. The van der Waals surface area contributed by atoms with Crippen LogP contribution in [0, 0.1) is 0 Å². The van der Waals surface area contributed by atoms with Crippen LogP contribution in [0.3, 0.4) is 0 Å². The molecule has 0 bridgehead atoms. The average molecular weight is 368 g/mol. The van der Waals surface area contributed by atoms with Gasteiger partial charge < -0.3 is 5.32 Å². The molecule has 128 valence electrons. The third kappa shape index (κ3) is 4.58. The number of carbonyl (C=O) groups is 1. The Hall–Kier alpha value is -1.85. The van der Waals surface area contributed by atoms with Crippen molar-refractivity contribution >= 4 is 29.1 Å². The SMILES string of the molecule is CCCCn1nc(C(=O)NC(C)c2ccc(Cl)cc2Cl)ccc1=O. The molecule has 0 fully saturated rings. The van der Waals surface area contributed by atoms with Crippen molar-refractivity contribution < 1.29 is 4.79 Å². The second-order valence-electron chi connectivity index (χ2n) is 5.49. The quantitative estimate of drug-likeness (QED) is 0.843. The van der Waals surface area contributed by atoms with E-state index in [9.17, 15) is 9.59 Å². The maximum atomic E-state index is 12.4. The van der Waals surface area contributed by atoms with Gasteiger partial charge in [-0.2, -0.15) is 5.10 Å². The summed E-state index contributed by atoms with van der Waals surface area (Å²) in [5, 5.41) is 7.98. The maximum Gasteiger partial charge on any atom is 0.272 e. The predicted octanol–water partition coefficient (Wildman–Crippen LogP) is 3.84. The minimum atomic E-state index is -0.362. The molecule has 0 aliphatic rings. The summed E-state index contributed by atoms with van der Waals surface area (Å²) in [7, 11) is 0. The van der Waals surface area contributed by atoms with Crippen LogP contribution in [0.5, 0.6) is 0 Å². The fourth-order valence-corrected chi connectivity index (χ4v) is 2.81. The van der Waals surface area contributed by atoms with Gasteiger partial charge in [0.25, 0.3) is 11.5 Å². The van der Waals surface area contributed by atoms with Gasteiger partial charge in [-0.1, -0.05) is 42.6 Å². The number of carbonyl (C=O) groups excluding carboxylic acids is 1. The molecule has 1 unspecified atom stereocenters. The molecule has 7 heteroatoms. The van der Waals surface area contributed by atoms with Gasteiger partial charge in [0.15, 0.2) is 0 Å². The Morgan fingerprint density at radius 2 is 2.04 bits per heavy atom. The number of benzene rings is 1. The molecule has 0 radical (unpaired) electrons. The summed E-state index contributed by atoms with van der Waals surface area (Å²) in [6.45, 7) is 4.34. The van der Waals surface area contributed by atoms with E-state index in [0.29, 0.717) is 16.6 Å². The third-order valence-corrected chi connectivity index (χ3v) is 4.16. The fourth-order valence-electron chi connectivity index (χ4n) is 2.24. The normalized spacial score (nSPS) is 12.0. The maximum absolute atomic E-state index is 12.4. The van der Waals surface area contributed by atoms with E-state index in [-0.39, 0.29) is 23.2 Å². The van der Waals surface area contributed by atoms with E-state index in [1.807, 2.05) is 13.8 Å². The fraction of sp³-hybridized carbons (Fsp3) is 0.353. The van der Waals surface area contributed by atoms with Crippen LogP contribution in [0.2, 0.25) is 10.0 Å².